The highest BCUT2D eigenvalue weighted by Gasteiger charge is 2.45. The van der Waals surface area contributed by atoms with Gasteiger partial charge in [0.1, 0.15) is 31.2 Å². The minimum atomic E-state index is -3.54. The van der Waals surface area contributed by atoms with E-state index in [-0.39, 0.29) is 67.4 Å². The van der Waals surface area contributed by atoms with Gasteiger partial charge in [-0.25, -0.2) is 32.6 Å². The lowest BCUT2D eigenvalue weighted by Crippen LogP contribution is -2.56. The fraction of sp³-hybridized carbons (Fsp3) is 0.554. The first kappa shape index (κ1) is 59.9. The highest BCUT2D eigenvalue weighted by Crippen LogP contribution is 2.41. The number of carbonyl (C=O) groups is 5. The first-order chi connectivity index (χ1) is 37.6. The maximum absolute atomic E-state index is 15.0. The Kier molecular flexibility index (Phi) is 20.1. The van der Waals surface area contributed by atoms with E-state index in [2.05, 4.69) is 67.0 Å². The number of fused-ring (bicyclic) bond motifs is 5. The number of hydrogen-bond donors (Lipinski definition) is 5. The number of nitrogens with one attached hydrogen (secondary N) is 4. The SMILES string of the molecule is CC[C@@]1(O)C(=O)OCc2c1cc1n(c2=O)Cc2c-1nc1cc(F)c(C)cc1c2CCCOCNC(=O)CNC(=O)[C@H](CCCCN1CCC(N(C)C)CC1)NC(=O)[C@@H](NC(=O)CCCC#Cc1cnc(S(C)(=O)=O)nc1)C(C)C. The van der Waals surface area contributed by atoms with E-state index in [1.165, 1.54) is 23.0 Å². The minimum Gasteiger partial charge on any atom is -0.458 e. The van der Waals surface area contributed by atoms with Gasteiger partial charge in [0.05, 0.1) is 41.1 Å². The quantitative estimate of drug-likeness (QED) is 0.0195. The maximum atomic E-state index is 15.0. The molecule has 5 N–H and O–H groups in total. The number of amides is 4. The van der Waals surface area contributed by atoms with Crippen molar-refractivity contribution >= 4 is 50.3 Å². The molecule has 426 valence electrons. The van der Waals surface area contributed by atoms with E-state index in [1.54, 1.807) is 39.8 Å². The van der Waals surface area contributed by atoms with Gasteiger partial charge < -0.3 is 50.2 Å². The van der Waals surface area contributed by atoms with Gasteiger partial charge >= 0.3 is 5.97 Å². The lowest BCUT2D eigenvalue weighted by atomic mass is 9.86. The Morgan fingerprint density at radius 2 is 1.72 bits per heavy atom. The number of halogens is 1. The summed E-state index contributed by atoms with van der Waals surface area (Å²) in [5.41, 5.74) is 1.61. The Morgan fingerprint density at radius 1 is 0.987 bits per heavy atom. The zero-order valence-electron chi connectivity index (χ0n) is 46.1. The molecule has 0 saturated carbocycles. The number of aryl methyl sites for hydroxylation is 2. The molecule has 3 aliphatic rings. The Bertz CT molecular complexity index is 3170. The summed E-state index contributed by atoms with van der Waals surface area (Å²) in [6, 6.07) is 3.28. The average Bonchev–Trinajstić information content (AvgIpc) is 4.04. The van der Waals surface area contributed by atoms with Crippen molar-refractivity contribution in [2.24, 2.45) is 5.92 Å². The van der Waals surface area contributed by atoms with Gasteiger partial charge in [0.15, 0.2) is 5.60 Å². The van der Waals surface area contributed by atoms with Crippen molar-refractivity contribution in [2.45, 2.75) is 140 Å². The number of unbranched alkanes of at least 4 members (excludes halogenated alkanes) is 2. The first-order valence-electron chi connectivity index (χ1n) is 27.0. The molecule has 1 fully saturated rings. The van der Waals surface area contributed by atoms with Crippen molar-refractivity contribution in [3.63, 3.8) is 0 Å². The second-order valence-electron chi connectivity index (χ2n) is 21.2. The zero-order valence-corrected chi connectivity index (χ0v) is 46.9. The third-order valence-corrected chi connectivity index (χ3v) is 15.8. The van der Waals surface area contributed by atoms with Crippen LogP contribution in [0.4, 0.5) is 4.39 Å². The number of hydrogen-bond acceptors (Lipinski definition) is 16. The lowest BCUT2D eigenvalue weighted by molar-refractivity contribution is -0.172. The van der Waals surface area contributed by atoms with Crippen LogP contribution in [0.1, 0.15) is 118 Å². The van der Waals surface area contributed by atoms with Gasteiger partial charge in [-0.2, -0.15) is 0 Å². The topological polar surface area (TPSA) is 273 Å². The van der Waals surface area contributed by atoms with Crippen LogP contribution in [0, 0.1) is 30.5 Å². The van der Waals surface area contributed by atoms with Crippen LogP contribution in [0.3, 0.4) is 0 Å². The molecule has 79 heavy (non-hydrogen) atoms. The zero-order chi connectivity index (χ0) is 57.2. The molecular formula is C56H73FN10O11S. The standard InChI is InChI=1S/C56H73FN10O11S/c1-8-56(74)42-26-46-50-40(31-67(46)53(72)41(42)32-78-54(56)73)38(39-25-35(4)43(57)27-45(39)62-50)16-14-24-77-33-61-48(69)30-58-51(70)44(17-12-13-21-66-22-19-37(20-23-66)65(5)6)63-52(71)49(34(2)3)64-47(68)18-11-9-10-15-36-28-59-55(60-29-36)79(7,75)76/h25-29,34,37,44,49,74H,8-9,11-14,16-24,30-33H2,1-7H3,(H,58,70)(H,61,69)(H,63,71)(H,64,68)/t44-,49-,56-/m0/s1. The van der Waals surface area contributed by atoms with Gasteiger partial charge in [-0.1, -0.05) is 32.6 Å². The van der Waals surface area contributed by atoms with Crippen molar-refractivity contribution in [1.82, 2.24) is 50.6 Å². The van der Waals surface area contributed by atoms with Crippen LogP contribution in [0.25, 0.3) is 22.3 Å². The number of nitrogens with zero attached hydrogens (tertiary/aromatic N) is 6. The highest BCUT2D eigenvalue weighted by atomic mass is 32.2. The molecule has 21 nitrogen and oxygen atoms in total. The predicted octanol–water partition coefficient (Wildman–Crippen LogP) is 2.90. The Balaban J connectivity index is 0.918. The van der Waals surface area contributed by atoms with Crippen LogP contribution in [-0.4, -0.2) is 150 Å². The summed E-state index contributed by atoms with van der Waals surface area (Å²) in [7, 11) is 0.644. The summed E-state index contributed by atoms with van der Waals surface area (Å²) >= 11 is 0. The van der Waals surface area contributed by atoms with E-state index >= 15 is 0 Å². The number of piperidine rings is 1. The molecule has 1 aromatic carbocycles. The fourth-order valence-electron chi connectivity index (χ4n) is 10.2. The number of esters is 1. The number of likely N-dealkylation sites (tertiary alicyclic amines) is 1. The van der Waals surface area contributed by atoms with Gasteiger partial charge in [-0.15, -0.1) is 0 Å². The van der Waals surface area contributed by atoms with E-state index in [1.807, 2.05) is 0 Å². The number of cyclic esters (lactones) is 1. The summed E-state index contributed by atoms with van der Waals surface area (Å²) in [5.74, 6) is 2.16. The van der Waals surface area contributed by atoms with Crippen LogP contribution in [0.15, 0.2) is 40.5 Å². The molecule has 3 aromatic heterocycles. The number of ether oxygens (including phenoxy) is 2. The van der Waals surface area contributed by atoms with E-state index in [4.69, 9.17) is 14.5 Å². The van der Waals surface area contributed by atoms with E-state index in [9.17, 15) is 46.7 Å². The largest absolute Gasteiger partial charge is 0.458 e. The number of carbonyl (C=O) groups excluding carboxylic acids is 5. The molecule has 4 aromatic rings. The monoisotopic (exact) mass is 1110 g/mol. The molecule has 0 bridgehead atoms. The molecule has 6 heterocycles. The molecule has 3 aliphatic heterocycles. The molecule has 7 rings (SSSR count). The third kappa shape index (κ3) is 14.8. The van der Waals surface area contributed by atoms with Crippen molar-refractivity contribution in [3.05, 3.63) is 80.1 Å². The second-order valence-corrected chi connectivity index (χ2v) is 23.1. The molecule has 23 heteroatoms. The summed E-state index contributed by atoms with van der Waals surface area (Å²) in [6.45, 7) is 9.16. The molecule has 0 radical (unpaired) electrons. The van der Waals surface area contributed by atoms with Gasteiger partial charge in [0, 0.05) is 66.7 Å². The second kappa shape index (κ2) is 26.5. The summed E-state index contributed by atoms with van der Waals surface area (Å²) in [5, 5.41) is 22.7. The normalized spacial score (nSPS) is 17.0. The number of aliphatic hydroxyl groups is 1. The van der Waals surface area contributed by atoms with E-state index < -0.39 is 69.1 Å². The van der Waals surface area contributed by atoms with Gasteiger partial charge in [-0.3, -0.25) is 24.0 Å². The van der Waals surface area contributed by atoms with Gasteiger partial charge in [0.2, 0.25) is 38.6 Å². The molecule has 1 saturated heterocycles. The van der Waals surface area contributed by atoms with Crippen LogP contribution in [0.2, 0.25) is 0 Å². The molecule has 0 spiro atoms. The number of sulfone groups is 1. The lowest BCUT2D eigenvalue weighted by Gasteiger charge is -2.35. The smallest absolute Gasteiger partial charge is 0.343 e. The third-order valence-electron chi connectivity index (χ3n) is 14.9. The van der Waals surface area contributed by atoms with Crippen LogP contribution in [0.5, 0.6) is 0 Å². The molecule has 3 atom stereocenters. The summed E-state index contributed by atoms with van der Waals surface area (Å²) in [6.07, 6.45) is 9.14. The van der Waals surface area contributed by atoms with Gasteiger partial charge in [-0.05, 0) is 128 Å². The van der Waals surface area contributed by atoms with Gasteiger partial charge in [0.25, 0.3) is 5.56 Å². The predicted molar refractivity (Wildman–Crippen MR) is 291 cm³/mol. The van der Waals surface area contributed by atoms with E-state index in [0.717, 1.165) is 56.3 Å². The van der Waals surface area contributed by atoms with Crippen molar-refractivity contribution in [2.75, 3.05) is 59.9 Å². The average molecular weight is 1110 g/mol. The maximum Gasteiger partial charge on any atom is 0.343 e. The van der Waals surface area contributed by atoms with E-state index in [0.29, 0.717) is 78.0 Å². The Hall–Kier alpha value is -6.71. The number of aromatic nitrogens is 4. The minimum absolute atomic E-state index is 0.0117. The number of benzene rings is 1. The molecule has 0 unspecified atom stereocenters. The molecular weight excluding hydrogens is 1040 g/mol. The van der Waals surface area contributed by atoms with Crippen LogP contribution in [-0.2, 0) is 68.5 Å². The van der Waals surface area contributed by atoms with Crippen LogP contribution < -0.4 is 26.8 Å². The first-order valence-corrected chi connectivity index (χ1v) is 28.9. The fourth-order valence-corrected chi connectivity index (χ4v) is 10.7. The summed E-state index contributed by atoms with van der Waals surface area (Å²) in [4.78, 5) is 97.5. The number of pyridine rings is 2. The summed E-state index contributed by atoms with van der Waals surface area (Å²) < 4.78 is 50.8. The number of rotatable bonds is 24. The Labute approximate surface area is 460 Å². The Morgan fingerprint density at radius 3 is 2.41 bits per heavy atom. The highest BCUT2D eigenvalue weighted by molar-refractivity contribution is 7.90. The van der Waals surface area contributed by atoms with Crippen molar-refractivity contribution < 1.29 is 51.4 Å². The van der Waals surface area contributed by atoms with Crippen molar-refractivity contribution in [3.8, 4) is 23.2 Å². The van der Waals surface area contributed by atoms with Crippen LogP contribution >= 0.6 is 0 Å². The molecule has 4 amide bonds. The van der Waals surface area contributed by atoms with Crippen molar-refractivity contribution in [1.29, 1.82) is 0 Å². The molecule has 0 aliphatic carbocycles.